The van der Waals surface area contributed by atoms with Gasteiger partial charge < -0.3 is 20.3 Å². The fourth-order valence-electron chi connectivity index (χ4n) is 3.42. The number of alkyl carbamates (subject to hydrolysis) is 1. The van der Waals surface area contributed by atoms with Crippen molar-refractivity contribution in [2.75, 3.05) is 7.05 Å². The first-order valence-electron chi connectivity index (χ1n) is 11.3. The Labute approximate surface area is 193 Å². The van der Waals surface area contributed by atoms with Gasteiger partial charge in [-0.3, -0.25) is 9.59 Å². The molecule has 3 atom stereocenters. The van der Waals surface area contributed by atoms with Gasteiger partial charge in [-0.05, 0) is 71.1 Å². The lowest BCUT2D eigenvalue weighted by molar-refractivity contribution is -0.142. The predicted molar refractivity (Wildman–Crippen MR) is 127 cm³/mol. The summed E-state index contributed by atoms with van der Waals surface area (Å²) < 4.78 is 5.37. The molecular formula is C25H41N3O4. The Morgan fingerprint density at radius 1 is 1.06 bits per heavy atom. The molecule has 3 amide bonds. The molecule has 0 radical (unpaired) electrons. The smallest absolute Gasteiger partial charge is 0.408 e. The second-order valence-corrected chi connectivity index (χ2v) is 9.81. The highest BCUT2D eigenvalue weighted by molar-refractivity contribution is 5.92. The zero-order chi connectivity index (χ0) is 24.8. The third kappa shape index (κ3) is 7.53. The number of nitrogens with zero attached hydrogens (tertiary/aromatic N) is 1. The van der Waals surface area contributed by atoms with Gasteiger partial charge in [0, 0.05) is 13.1 Å². The number of amides is 3. The van der Waals surface area contributed by atoms with Gasteiger partial charge in [0.1, 0.15) is 17.7 Å². The Balaban J connectivity index is 3.36. The molecule has 0 aliphatic rings. The molecule has 0 spiro atoms. The van der Waals surface area contributed by atoms with E-state index in [9.17, 15) is 14.4 Å². The third-order valence-electron chi connectivity index (χ3n) is 5.51. The maximum atomic E-state index is 13.6. The molecule has 0 saturated carbocycles. The van der Waals surface area contributed by atoms with Crippen molar-refractivity contribution >= 4 is 17.9 Å². The molecule has 180 valence electrons. The standard InChI is InChI=1S/C25H41N3O4/c1-11-16(4)20(27-24(31)32-25(7,8)9)23(30)28(10)21(22(29)26-15(2)3)19-14-12-13-17(5)18(19)6/h12-16,20-21H,11H2,1-10H3,(H,26,29)(H,27,31). The number of ether oxygens (including phenoxy) is 1. The van der Waals surface area contributed by atoms with Crippen LogP contribution in [0.1, 0.15) is 77.6 Å². The van der Waals surface area contributed by atoms with Crippen molar-refractivity contribution in [1.29, 1.82) is 0 Å². The van der Waals surface area contributed by atoms with Gasteiger partial charge >= 0.3 is 6.09 Å². The van der Waals surface area contributed by atoms with Crippen molar-refractivity contribution < 1.29 is 19.1 Å². The maximum Gasteiger partial charge on any atom is 0.408 e. The molecule has 0 fully saturated rings. The summed E-state index contributed by atoms with van der Waals surface area (Å²) in [6, 6.07) is 4.01. The van der Waals surface area contributed by atoms with E-state index in [4.69, 9.17) is 4.74 Å². The molecular weight excluding hydrogens is 406 g/mol. The summed E-state index contributed by atoms with van der Waals surface area (Å²) in [5, 5.41) is 5.67. The minimum absolute atomic E-state index is 0.0798. The zero-order valence-electron chi connectivity index (χ0n) is 21.3. The Bertz CT molecular complexity index is 814. The number of aryl methyl sites for hydroxylation is 1. The number of benzene rings is 1. The first kappa shape index (κ1) is 27.5. The topological polar surface area (TPSA) is 87.7 Å². The van der Waals surface area contributed by atoms with Crippen LogP contribution in [0.3, 0.4) is 0 Å². The summed E-state index contributed by atoms with van der Waals surface area (Å²) in [6.07, 6.45) is 0.0197. The molecule has 0 aliphatic carbocycles. The van der Waals surface area contributed by atoms with E-state index in [-0.39, 0.29) is 23.8 Å². The monoisotopic (exact) mass is 447 g/mol. The van der Waals surface area contributed by atoms with E-state index in [1.165, 1.54) is 4.90 Å². The summed E-state index contributed by atoms with van der Waals surface area (Å²) in [5.74, 6) is -0.746. The molecule has 7 heteroatoms. The van der Waals surface area contributed by atoms with Crippen molar-refractivity contribution in [3.63, 3.8) is 0 Å². The number of hydrogen-bond donors (Lipinski definition) is 2. The molecule has 32 heavy (non-hydrogen) atoms. The van der Waals surface area contributed by atoms with Crippen LogP contribution in [0.25, 0.3) is 0 Å². The van der Waals surface area contributed by atoms with Crippen LogP contribution in [0.2, 0.25) is 0 Å². The highest BCUT2D eigenvalue weighted by Crippen LogP contribution is 2.27. The van der Waals surface area contributed by atoms with Crippen molar-refractivity contribution in [2.45, 2.75) is 92.5 Å². The number of rotatable bonds is 8. The molecule has 1 aromatic carbocycles. The summed E-state index contributed by atoms with van der Waals surface area (Å²) >= 11 is 0. The highest BCUT2D eigenvalue weighted by atomic mass is 16.6. The van der Waals surface area contributed by atoms with Crippen molar-refractivity contribution in [3.8, 4) is 0 Å². The lowest BCUT2D eigenvalue weighted by Crippen LogP contribution is -2.54. The first-order valence-corrected chi connectivity index (χ1v) is 11.3. The summed E-state index contributed by atoms with van der Waals surface area (Å²) in [4.78, 5) is 40.7. The van der Waals surface area contributed by atoms with Gasteiger partial charge in [-0.2, -0.15) is 0 Å². The maximum absolute atomic E-state index is 13.6. The van der Waals surface area contributed by atoms with Gasteiger partial charge in [0.05, 0.1) is 0 Å². The molecule has 2 N–H and O–H groups in total. The van der Waals surface area contributed by atoms with E-state index in [0.29, 0.717) is 6.42 Å². The molecule has 7 nitrogen and oxygen atoms in total. The van der Waals surface area contributed by atoms with Crippen LogP contribution in [0.4, 0.5) is 4.79 Å². The number of carbonyl (C=O) groups excluding carboxylic acids is 3. The van der Waals surface area contributed by atoms with Gasteiger partial charge in [-0.25, -0.2) is 4.79 Å². The Morgan fingerprint density at radius 3 is 2.16 bits per heavy atom. The minimum atomic E-state index is -0.822. The van der Waals surface area contributed by atoms with E-state index in [1.807, 2.05) is 59.7 Å². The summed E-state index contributed by atoms with van der Waals surface area (Å²) in [7, 11) is 1.61. The number of likely N-dealkylation sites (N-methyl/N-ethyl adjacent to an activating group) is 1. The Hall–Kier alpha value is -2.57. The molecule has 1 aromatic rings. The SMILES string of the molecule is CCC(C)C(NC(=O)OC(C)(C)C)C(=O)N(C)C(C(=O)NC(C)C)c1cccc(C)c1C. The highest BCUT2D eigenvalue weighted by Gasteiger charge is 2.36. The average Bonchev–Trinajstić information content (AvgIpc) is 2.66. The van der Waals surface area contributed by atoms with Crippen molar-refractivity contribution in [3.05, 3.63) is 34.9 Å². The fourth-order valence-corrected chi connectivity index (χ4v) is 3.42. The van der Waals surface area contributed by atoms with Crippen LogP contribution < -0.4 is 10.6 Å². The molecule has 0 heterocycles. The second-order valence-electron chi connectivity index (χ2n) is 9.81. The second kappa shape index (κ2) is 11.3. The fraction of sp³-hybridized carbons (Fsp3) is 0.640. The van der Waals surface area contributed by atoms with Crippen LogP contribution in [-0.4, -0.2) is 47.5 Å². The van der Waals surface area contributed by atoms with Crippen molar-refractivity contribution in [2.24, 2.45) is 5.92 Å². The predicted octanol–water partition coefficient (Wildman–Crippen LogP) is 4.27. The number of nitrogens with one attached hydrogen (secondary N) is 2. The van der Waals surface area contributed by atoms with E-state index in [1.54, 1.807) is 27.8 Å². The summed E-state index contributed by atoms with van der Waals surface area (Å²) in [5.41, 5.74) is 2.07. The van der Waals surface area contributed by atoms with Crippen LogP contribution in [0.5, 0.6) is 0 Å². The Kier molecular flexibility index (Phi) is 9.73. The number of carbonyl (C=O) groups is 3. The van der Waals surface area contributed by atoms with Gasteiger partial charge in [0.15, 0.2) is 0 Å². The average molecular weight is 448 g/mol. The first-order chi connectivity index (χ1) is 14.7. The van der Waals surface area contributed by atoms with E-state index in [0.717, 1.165) is 16.7 Å². The van der Waals surface area contributed by atoms with Crippen molar-refractivity contribution in [1.82, 2.24) is 15.5 Å². The van der Waals surface area contributed by atoms with E-state index in [2.05, 4.69) is 10.6 Å². The number of hydrogen-bond acceptors (Lipinski definition) is 4. The van der Waals surface area contributed by atoms with Gasteiger partial charge in [-0.15, -0.1) is 0 Å². The van der Waals surface area contributed by atoms with E-state index >= 15 is 0 Å². The lowest BCUT2D eigenvalue weighted by atomic mass is 9.93. The largest absolute Gasteiger partial charge is 0.444 e. The van der Waals surface area contributed by atoms with Crippen LogP contribution in [0.15, 0.2) is 18.2 Å². The summed E-state index contributed by atoms with van der Waals surface area (Å²) in [6.45, 7) is 16.8. The normalized spacial score (nSPS) is 14.3. The van der Waals surface area contributed by atoms with Crippen LogP contribution in [0, 0.1) is 19.8 Å². The lowest BCUT2D eigenvalue weighted by Gasteiger charge is -2.34. The molecule has 1 rings (SSSR count). The van der Waals surface area contributed by atoms with Gasteiger partial charge in [-0.1, -0.05) is 38.5 Å². The molecule has 0 aromatic heterocycles. The molecule has 0 aliphatic heterocycles. The minimum Gasteiger partial charge on any atom is -0.444 e. The Morgan fingerprint density at radius 2 is 1.66 bits per heavy atom. The zero-order valence-corrected chi connectivity index (χ0v) is 21.3. The van der Waals surface area contributed by atoms with Crippen LogP contribution in [-0.2, 0) is 14.3 Å². The quantitative estimate of drug-likeness (QED) is 0.623. The molecule has 3 unspecified atom stereocenters. The van der Waals surface area contributed by atoms with Crippen LogP contribution >= 0.6 is 0 Å². The third-order valence-corrected chi connectivity index (χ3v) is 5.51. The molecule has 0 bridgehead atoms. The van der Waals surface area contributed by atoms with Gasteiger partial charge in [0.2, 0.25) is 11.8 Å². The van der Waals surface area contributed by atoms with E-state index < -0.39 is 23.8 Å². The van der Waals surface area contributed by atoms with Gasteiger partial charge in [0.25, 0.3) is 0 Å². The molecule has 0 saturated heterocycles.